The number of carbonyl (C=O) groups excluding carboxylic acids is 2. The Labute approximate surface area is 242 Å². The Kier molecular flexibility index (Phi) is 9.37. The molecule has 0 aromatic heterocycles. The molecule has 1 fully saturated rings. The number of amides is 1. The highest BCUT2D eigenvalue weighted by Gasteiger charge is 2.41. The highest BCUT2D eigenvalue weighted by atomic mass is 16.5. The first-order valence-corrected chi connectivity index (χ1v) is 14.6. The second kappa shape index (κ2) is 13.3. The number of nitrogens with zero attached hydrogens (tertiary/aromatic N) is 1. The van der Waals surface area contributed by atoms with Crippen LogP contribution in [0.3, 0.4) is 0 Å². The van der Waals surface area contributed by atoms with E-state index >= 15 is 0 Å². The summed E-state index contributed by atoms with van der Waals surface area (Å²) in [6.07, 6.45) is 1.62. The Morgan fingerprint density at radius 1 is 0.951 bits per heavy atom. The highest BCUT2D eigenvalue weighted by Crippen LogP contribution is 2.37. The largest absolute Gasteiger partial charge is 0.488 e. The molecule has 41 heavy (non-hydrogen) atoms. The SMILES string of the molecule is CCOC(=O)[C@@H]1Cc2c(ccc(C)c2OCc2ccccc2)CN1C(=O)C(OC1CCC(O)CC1)c1ccccc1. The van der Waals surface area contributed by atoms with Crippen molar-refractivity contribution in [3.63, 3.8) is 0 Å². The summed E-state index contributed by atoms with van der Waals surface area (Å²) in [7, 11) is 0. The molecule has 1 aliphatic carbocycles. The molecule has 3 aromatic carbocycles. The first kappa shape index (κ1) is 28.8. The molecule has 3 aromatic rings. The van der Waals surface area contributed by atoms with Gasteiger partial charge in [-0.05, 0) is 61.8 Å². The molecule has 1 aliphatic heterocycles. The number of aryl methyl sites for hydroxylation is 1. The van der Waals surface area contributed by atoms with Crippen molar-refractivity contribution < 1.29 is 28.9 Å². The minimum Gasteiger partial charge on any atom is -0.488 e. The third kappa shape index (κ3) is 6.80. The fraction of sp³-hybridized carbons (Fsp3) is 0.412. The molecule has 0 radical (unpaired) electrons. The minimum atomic E-state index is -0.867. The van der Waals surface area contributed by atoms with Gasteiger partial charge in [-0.1, -0.05) is 72.8 Å². The van der Waals surface area contributed by atoms with Gasteiger partial charge in [0.1, 0.15) is 18.4 Å². The van der Waals surface area contributed by atoms with Crippen molar-refractivity contribution in [2.75, 3.05) is 6.61 Å². The fourth-order valence-corrected chi connectivity index (χ4v) is 5.80. The molecule has 0 bridgehead atoms. The van der Waals surface area contributed by atoms with Crippen molar-refractivity contribution in [3.05, 3.63) is 101 Å². The van der Waals surface area contributed by atoms with Gasteiger partial charge in [0.15, 0.2) is 6.10 Å². The maximum atomic E-state index is 14.3. The molecular weight excluding hydrogens is 518 g/mol. The van der Waals surface area contributed by atoms with Crippen LogP contribution in [0, 0.1) is 6.92 Å². The van der Waals surface area contributed by atoms with E-state index in [1.807, 2.05) is 79.7 Å². The van der Waals surface area contributed by atoms with Gasteiger partial charge in [0.05, 0.1) is 18.8 Å². The number of rotatable bonds is 9. The molecule has 216 valence electrons. The zero-order valence-corrected chi connectivity index (χ0v) is 23.8. The maximum Gasteiger partial charge on any atom is 0.329 e. The van der Waals surface area contributed by atoms with E-state index in [1.54, 1.807) is 11.8 Å². The van der Waals surface area contributed by atoms with E-state index in [1.165, 1.54) is 0 Å². The van der Waals surface area contributed by atoms with Gasteiger partial charge in [-0.2, -0.15) is 0 Å². The van der Waals surface area contributed by atoms with Gasteiger partial charge in [-0.25, -0.2) is 4.79 Å². The summed E-state index contributed by atoms with van der Waals surface area (Å²) >= 11 is 0. The first-order valence-electron chi connectivity index (χ1n) is 14.6. The zero-order chi connectivity index (χ0) is 28.8. The summed E-state index contributed by atoms with van der Waals surface area (Å²) in [5.74, 6) is 0.0531. The van der Waals surface area contributed by atoms with Crippen molar-refractivity contribution >= 4 is 11.9 Å². The molecule has 1 N–H and O–H groups in total. The van der Waals surface area contributed by atoms with Gasteiger partial charge >= 0.3 is 5.97 Å². The van der Waals surface area contributed by atoms with Crippen LogP contribution in [0.25, 0.3) is 0 Å². The smallest absolute Gasteiger partial charge is 0.329 e. The number of fused-ring (bicyclic) bond motifs is 1. The lowest BCUT2D eigenvalue weighted by Crippen LogP contribution is -2.51. The van der Waals surface area contributed by atoms with Crippen molar-refractivity contribution in [2.24, 2.45) is 0 Å². The molecule has 0 spiro atoms. The van der Waals surface area contributed by atoms with Crippen LogP contribution in [0.2, 0.25) is 0 Å². The van der Waals surface area contributed by atoms with E-state index in [9.17, 15) is 14.7 Å². The van der Waals surface area contributed by atoms with Crippen LogP contribution in [-0.2, 0) is 38.6 Å². The average molecular weight is 558 g/mol. The van der Waals surface area contributed by atoms with Gasteiger partial charge in [0, 0.05) is 18.5 Å². The topological polar surface area (TPSA) is 85.3 Å². The van der Waals surface area contributed by atoms with Crippen LogP contribution >= 0.6 is 0 Å². The Hall–Kier alpha value is -3.68. The molecule has 1 unspecified atom stereocenters. The van der Waals surface area contributed by atoms with Gasteiger partial charge in [0.25, 0.3) is 5.91 Å². The Morgan fingerprint density at radius 3 is 2.32 bits per heavy atom. The third-order valence-electron chi connectivity index (χ3n) is 8.04. The van der Waals surface area contributed by atoms with E-state index in [-0.39, 0.29) is 31.3 Å². The van der Waals surface area contributed by atoms with Crippen LogP contribution in [0.15, 0.2) is 72.8 Å². The number of ether oxygens (including phenoxy) is 3. The van der Waals surface area contributed by atoms with Gasteiger partial charge in [0.2, 0.25) is 0 Å². The standard InChI is InChI=1S/C34H39NO6/c1-3-39-34(38)30-20-29-26(15-14-23(2)31(29)40-22-24-10-6-4-7-11-24)21-35(30)33(37)32(25-12-8-5-9-13-25)41-28-18-16-27(36)17-19-28/h4-15,27-28,30,32,36H,3,16-22H2,1-2H3/t27?,28?,30-,32?/m0/s1. The number of esters is 1. The normalized spacial score (nSPS) is 21.0. The van der Waals surface area contributed by atoms with Crippen LogP contribution in [-0.4, -0.2) is 46.7 Å². The van der Waals surface area contributed by atoms with E-state index in [0.29, 0.717) is 38.7 Å². The number of benzene rings is 3. The van der Waals surface area contributed by atoms with Crippen molar-refractivity contribution in [2.45, 2.75) is 83.5 Å². The van der Waals surface area contributed by atoms with Gasteiger partial charge in [-0.3, -0.25) is 4.79 Å². The van der Waals surface area contributed by atoms with E-state index in [2.05, 4.69) is 0 Å². The lowest BCUT2D eigenvalue weighted by Gasteiger charge is -2.39. The summed E-state index contributed by atoms with van der Waals surface area (Å²) in [6, 6.07) is 22.6. The van der Waals surface area contributed by atoms with Gasteiger partial charge < -0.3 is 24.2 Å². The van der Waals surface area contributed by atoms with E-state index in [0.717, 1.165) is 33.6 Å². The predicted molar refractivity (Wildman–Crippen MR) is 155 cm³/mol. The van der Waals surface area contributed by atoms with E-state index < -0.39 is 18.1 Å². The Balaban J connectivity index is 1.46. The molecule has 2 atom stereocenters. The van der Waals surface area contributed by atoms with Crippen LogP contribution in [0.5, 0.6) is 5.75 Å². The molecule has 2 aliphatic rings. The van der Waals surface area contributed by atoms with Crippen LogP contribution < -0.4 is 4.74 Å². The summed E-state index contributed by atoms with van der Waals surface area (Å²) in [6.45, 7) is 4.64. The Bertz CT molecular complexity index is 1320. The maximum absolute atomic E-state index is 14.3. The summed E-state index contributed by atoms with van der Waals surface area (Å²) in [5.41, 5.74) is 4.65. The highest BCUT2D eigenvalue weighted by molar-refractivity contribution is 5.89. The van der Waals surface area contributed by atoms with Gasteiger partial charge in [-0.15, -0.1) is 0 Å². The molecule has 5 rings (SSSR count). The van der Waals surface area contributed by atoms with Crippen molar-refractivity contribution in [3.8, 4) is 5.75 Å². The molecule has 7 nitrogen and oxygen atoms in total. The summed E-state index contributed by atoms with van der Waals surface area (Å²) in [5, 5.41) is 9.98. The Morgan fingerprint density at radius 2 is 1.63 bits per heavy atom. The lowest BCUT2D eigenvalue weighted by atomic mass is 9.90. The number of aliphatic hydroxyl groups is 1. The fourth-order valence-electron chi connectivity index (χ4n) is 5.80. The molecule has 7 heteroatoms. The molecule has 1 heterocycles. The lowest BCUT2D eigenvalue weighted by molar-refractivity contribution is -0.164. The zero-order valence-electron chi connectivity index (χ0n) is 23.8. The van der Waals surface area contributed by atoms with Crippen molar-refractivity contribution in [1.82, 2.24) is 4.90 Å². The second-order valence-electron chi connectivity index (χ2n) is 10.9. The minimum absolute atomic E-state index is 0.147. The predicted octanol–water partition coefficient (Wildman–Crippen LogP) is 5.45. The number of hydrogen-bond acceptors (Lipinski definition) is 6. The molecular formula is C34H39NO6. The van der Waals surface area contributed by atoms with Crippen LogP contribution in [0.4, 0.5) is 0 Å². The summed E-state index contributed by atoms with van der Waals surface area (Å²) in [4.78, 5) is 29.3. The van der Waals surface area contributed by atoms with Crippen LogP contribution in [0.1, 0.15) is 66.5 Å². The molecule has 1 amide bonds. The number of carbonyl (C=O) groups is 2. The summed E-state index contributed by atoms with van der Waals surface area (Å²) < 4.78 is 18.3. The quantitative estimate of drug-likeness (QED) is 0.352. The van der Waals surface area contributed by atoms with E-state index in [4.69, 9.17) is 14.2 Å². The number of aliphatic hydroxyl groups excluding tert-OH is 1. The average Bonchev–Trinajstić information content (AvgIpc) is 3.00. The molecule has 1 saturated carbocycles. The monoisotopic (exact) mass is 557 g/mol. The van der Waals surface area contributed by atoms with Crippen molar-refractivity contribution in [1.29, 1.82) is 0 Å². The first-order chi connectivity index (χ1) is 19.9. The third-order valence-corrected chi connectivity index (χ3v) is 8.04. The molecule has 0 saturated heterocycles. The number of hydrogen-bond donors (Lipinski definition) is 1. The second-order valence-corrected chi connectivity index (χ2v) is 10.9.